The number of hydrogen-bond acceptors (Lipinski definition) is 2. The van der Waals surface area contributed by atoms with Crippen LogP contribution in [0.4, 0.5) is 0 Å². The Kier molecular flexibility index (Phi) is 5.51. The first kappa shape index (κ1) is 19.6. The quantitative estimate of drug-likeness (QED) is 0.484. The van der Waals surface area contributed by atoms with Gasteiger partial charge in [0.2, 0.25) is 0 Å². The summed E-state index contributed by atoms with van der Waals surface area (Å²) in [5.74, 6) is 2.34. The Balaban J connectivity index is 1.43. The Labute approximate surface area is 183 Å². The van der Waals surface area contributed by atoms with Crippen molar-refractivity contribution in [2.75, 3.05) is 12.7 Å². The van der Waals surface area contributed by atoms with Crippen LogP contribution in [0.2, 0.25) is 0 Å². The van der Waals surface area contributed by atoms with Gasteiger partial charge in [-0.15, -0.1) is 0 Å². The summed E-state index contributed by atoms with van der Waals surface area (Å²) in [5, 5.41) is 3.14. The maximum Gasteiger partial charge on any atom is 0.128 e. The van der Waals surface area contributed by atoms with E-state index in [0.29, 0.717) is 0 Å². The van der Waals surface area contributed by atoms with Crippen molar-refractivity contribution in [3.63, 3.8) is 0 Å². The van der Waals surface area contributed by atoms with Gasteiger partial charge < -0.3 is 9.47 Å². The van der Waals surface area contributed by atoms with Crippen LogP contribution in [0, 0.1) is 0 Å². The van der Waals surface area contributed by atoms with Gasteiger partial charge in [0.05, 0.1) is 0 Å². The molecule has 0 aromatic heterocycles. The lowest BCUT2D eigenvalue weighted by Gasteiger charge is -2.29. The van der Waals surface area contributed by atoms with Crippen molar-refractivity contribution in [2.24, 2.45) is 0 Å². The van der Waals surface area contributed by atoms with Gasteiger partial charge in [-0.05, 0) is 76.1 Å². The third kappa shape index (κ3) is 3.40. The van der Waals surface area contributed by atoms with Crippen LogP contribution >= 0.6 is 15.8 Å². The van der Waals surface area contributed by atoms with E-state index in [2.05, 4.69) is 36.4 Å². The first-order chi connectivity index (χ1) is 14.9. The minimum atomic E-state index is -0.215. The van der Waals surface area contributed by atoms with Gasteiger partial charge in [0.15, 0.2) is 0 Å². The number of benzene rings is 2. The molecular weight excluding hydrogens is 406 g/mol. The molecular formula is C26H32O2P2. The van der Waals surface area contributed by atoms with E-state index in [1.165, 1.54) is 86.8 Å². The van der Waals surface area contributed by atoms with Gasteiger partial charge in [-0.25, -0.2) is 0 Å². The summed E-state index contributed by atoms with van der Waals surface area (Å²) in [5.41, 5.74) is 4.63. The molecule has 6 rings (SSSR count). The maximum absolute atomic E-state index is 6.29. The van der Waals surface area contributed by atoms with Crippen molar-refractivity contribution in [2.45, 2.75) is 75.5 Å². The van der Waals surface area contributed by atoms with Crippen LogP contribution in [0.15, 0.2) is 36.4 Å². The predicted octanol–water partition coefficient (Wildman–Crippen LogP) is 6.93. The molecule has 0 spiro atoms. The van der Waals surface area contributed by atoms with Gasteiger partial charge in [0.1, 0.15) is 24.2 Å². The first-order valence-electron chi connectivity index (χ1n) is 12.0. The number of hydrogen-bond donors (Lipinski definition) is 0. The summed E-state index contributed by atoms with van der Waals surface area (Å²) >= 11 is 0. The zero-order valence-electron chi connectivity index (χ0n) is 17.8. The third-order valence-corrected chi connectivity index (χ3v) is 13.3. The second kappa shape index (κ2) is 8.44. The molecule has 2 fully saturated rings. The van der Waals surface area contributed by atoms with Crippen LogP contribution in [-0.2, 0) is 0 Å². The SMILES string of the molecule is c1cc2c(c(-c3cccc4c3P(C3CCCCC3)CO4)c1)P(C1CCCCC1)CO2. The Hall–Kier alpha value is -1.10. The van der Waals surface area contributed by atoms with Crippen LogP contribution in [0.3, 0.4) is 0 Å². The summed E-state index contributed by atoms with van der Waals surface area (Å²) in [4.78, 5) is 0. The summed E-state index contributed by atoms with van der Waals surface area (Å²) < 4.78 is 12.6. The van der Waals surface area contributed by atoms with Gasteiger partial charge in [0, 0.05) is 10.6 Å². The number of rotatable bonds is 3. The normalized spacial score (nSPS) is 26.7. The largest absolute Gasteiger partial charge is 0.488 e. The second-order valence-electron chi connectivity index (χ2n) is 9.37. The predicted molar refractivity (Wildman–Crippen MR) is 130 cm³/mol. The average Bonchev–Trinajstić information content (AvgIpc) is 3.45. The van der Waals surface area contributed by atoms with Crippen molar-refractivity contribution in [3.05, 3.63) is 36.4 Å². The molecule has 4 heteroatoms. The summed E-state index contributed by atoms with van der Waals surface area (Å²) in [6.45, 7) is 0. The third-order valence-electron chi connectivity index (χ3n) is 7.61. The lowest BCUT2D eigenvalue weighted by atomic mass is 10.0. The van der Waals surface area contributed by atoms with E-state index in [9.17, 15) is 0 Å². The standard InChI is InChI=1S/C26H32O2P2/c1-3-9-19(10-4-1)29-17-27-23-15-7-13-21(25(23)29)22-14-8-16-24-26(22)30(18-28-24)20-11-5-2-6-12-20/h7-8,13-16,19-20H,1-6,9-12,17-18H2. The van der Waals surface area contributed by atoms with E-state index in [0.717, 1.165) is 24.0 Å². The highest BCUT2D eigenvalue weighted by Crippen LogP contribution is 2.57. The van der Waals surface area contributed by atoms with Crippen molar-refractivity contribution < 1.29 is 9.47 Å². The first-order valence-corrected chi connectivity index (χ1v) is 15.1. The molecule has 2 saturated carbocycles. The molecule has 0 saturated heterocycles. The molecule has 2 aromatic carbocycles. The summed E-state index contributed by atoms with van der Waals surface area (Å²) in [6.07, 6.45) is 15.9. The molecule has 158 valence electrons. The molecule has 2 aromatic rings. The van der Waals surface area contributed by atoms with E-state index in [-0.39, 0.29) is 15.8 Å². The molecule has 2 atom stereocenters. The highest BCUT2D eigenvalue weighted by atomic mass is 31.1. The molecule has 2 aliphatic heterocycles. The molecule has 2 heterocycles. The molecule has 2 aliphatic carbocycles. The fourth-order valence-corrected chi connectivity index (χ4v) is 11.9. The molecule has 0 radical (unpaired) electrons. The van der Waals surface area contributed by atoms with E-state index in [1.54, 1.807) is 10.6 Å². The maximum atomic E-state index is 6.29. The van der Waals surface area contributed by atoms with E-state index < -0.39 is 0 Å². The Morgan fingerprint density at radius 2 is 1.00 bits per heavy atom. The summed E-state index contributed by atoms with van der Waals surface area (Å²) in [6, 6.07) is 13.6. The zero-order chi connectivity index (χ0) is 19.9. The van der Waals surface area contributed by atoms with Crippen LogP contribution in [0.5, 0.6) is 11.5 Å². The second-order valence-corrected chi connectivity index (χ2v) is 14.1. The molecule has 4 aliphatic rings. The van der Waals surface area contributed by atoms with Gasteiger partial charge in [-0.2, -0.15) is 0 Å². The average molecular weight is 438 g/mol. The highest BCUT2D eigenvalue weighted by molar-refractivity contribution is 7.67. The van der Waals surface area contributed by atoms with Crippen molar-refractivity contribution in [3.8, 4) is 22.6 Å². The molecule has 0 amide bonds. The molecule has 30 heavy (non-hydrogen) atoms. The van der Waals surface area contributed by atoms with Gasteiger partial charge in [-0.1, -0.05) is 62.8 Å². The smallest absolute Gasteiger partial charge is 0.128 e. The Morgan fingerprint density at radius 1 is 0.567 bits per heavy atom. The number of ether oxygens (including phenoxy) is 2. The van der Waals surface area contributed by atoms with Crippen LogP contribution < -0.4 is 20.1 Å². The molecule has 0 bridgehead atoms. The Bertz CT molecular complexity index is 840. The van der Waals surface area contributed by atoms with Crippen molar-refractivity contribution >= 4 is 26.5 Å². The van der Waals surface area contributed by atoms with E-state index in [4.69, 9.17) is 9.47 Å². The van der Waals surface area contributed by atoms with E-state index in [1.807, 2.05) is 0 Å². The topological polar surface area (TPSA) is 18.5 Å². The van der Waals surface area contributed by atoms with Crippen LogP contribution in [-0.4, -0.2) is 24.0 Å². The zero-order valence-corrected chi connectivity index (χ0v) is 19.6. The molecule has 0 N–H and O–H groups in total. The fourth-order valence-electron chi connectivity index (χ4n) is 6.07. The lowest BCUT2D eigenvalue weighted by molar-refractivity contribution is 0.398. The lowest BCUT2D eigenvalue weighted by Crippen LogP contribution is -2.20. The van der Waals surface area contributed by atoms with Gasteiger partial charge in [-0.3, -0.25) is 0 Å². The van der Waals surface area contributed by atoms with Crippen molar-refractivity contribution in [1.82, 2.24) is 0 Å². The van der Waals surface area contributed by atoms with Gasteiger partial charge in [0.25, 0.3) is 0 Å². The number of fused-ring (bicyclic) bond motifs is 2. The molecule has 2 nitrogen and oxygen atoms in total. The van der Waals surface area contributed by atoms with Crippen LogP contribution in [0.1, 0.15) is 64.2 Å². The van der Waals surface area contributed by atoms with Crippen LogP contribution in [0.25, 0.3) is 11.1 Å². The monoisotopic (exact) mass is 438 g/mol. The fraction of sp³-hybridized carbons (Fsp3) is 0.538. The van der Waals surface area contributed by atoms with Gasteiger partial charge >= 0.3 is 0 Å². The highest BCUT2D eigenvalue weighted by Gasteiger charge is 2.38. The summed E-state index contributed by atoms with van der Waals surface area (Å²) in [7, 11) is -0.429. The van der Waals surface area contributed by atoms with E-state index >= 15 is 0 Å². The minimum Gasteiger partial charge on any atom is -0.488 e. The van der Waals surface area contributed by atoms with Crippen molar-refractivity contribution in [1.29, 1.82) is 0 Å². The molecule has 2 unspecified atom stereocenters. The minimum absolute atomic E-state index is 0.215. The Morgan fingerprint density at radius 3 is 1.43 bits per heavy atom.